The maximum Gasteiger partial charge on any atom is 0.324 e. The van der Waals surface area contributed by atoms with Gasteiger partial charge in [-0.25, -0.2) is 4.98 Å². The highest BCUT2D eigenvalue weighted by Gasteiger charge is 2.30. The fraction of sp³-hybridized carbons (Fsp3) is 0.423. The van der Waals surface area contributed by atoms with Gasteiger partial charge in [-0.2, -0.15) is 17.4 Å². The molecule has 9 nitrogen and oxygen atoms in total. The molecule has 1 aromatic carbocycles. The topological polar surface area (TPSA) is 111 Å². The number of aromatic nitrogens is 2. The Kier molecular flexibility index (Phi) is 9.36. The lowest BCUT2D eigenvalue weighted by Crippen LogP contribution is -2.51. The normalized spacial score (nSPS) is 12.9. The Morgan fingerprint density at radius 3 is 2.28 bits per heavy atom. The molecule has 2 aromatic heterocycles. The lowest BCUT2D eigenvalue weighted by atomic mass is 10.1. The van der Waals surface area contributed by atoms with Gasteiger partial charge in [0.25, 0.3) is 10.2 Å². The van der Waals surface area contributed by atoms with Crippen molar-refractivity contribution in [3.8, 4) is 11.6 Å². The van der Waals surface area contributed by atoms with Gasteiger partial charge in [-0.05, 0) is 48.1 Å². The van der Waals surface area contributed by atoms with Crippen LogP contribution in [0.1, 0.15) is 33.3 Å². The molecule has 1 atom stereocenters. The van der Waals surface area contributed by atoms with E-state index in [1.54, 1.807) is 42.9 Å². The number of carbonyl (C=O) groups is 1. The van der Waals surface area contributed by atoms with Crippen LogP contribution in [0.5, 0.6) is 11.6 Å². The number of rotatable bonds is 12. The van der Waals surface area contributed by atoms with E-state index in [2.05, 4.69) is 14.7 Å². The number of benzene rings is 1. The molecule has 10 heteroatoms. The number of hydrogen-bond acceptors (Lipinski definition) is 7. The first-order valence-electron chi connectivity index (χ1n) is 11.9. The summed E-state index contributed by atoms with van der Waals surface area (Å²) in [4.78, 5) is 20.9. The number of esters is 1. The average Bonchev–Trinajstić information content (AvgIpc) is 2.83. The molecule has 0 saturated carbocycles. The van der Waals surface area contributed by atoms with Gasteiger partial charge in [-0.1, -0.05) is 39.8 Å². The Bertz CT molecular complexity index is 1250. The number of pyridine rings is 2. The molecule has 0 aliphatic heterocycles. The van der Waals surface area contributed by atoms with E-state index in [0.717, 1.165) is 16.3 Å². The molecule has 0 aliphatic carbocycles. The molecule has 2 heterocycles. The summed E-state index contributed by atoms with van der Waals surface area (Å²) >= 11 is 0. The van der Waals surface area contributed by atoms with Crippen LogP contribution in [0.25, 0.3) is 10.8 Å². The zero-order valence-electron chi connectivity index (χ0n) is 21.3. The van der Waals surface area contributed by atoms with E-state index in [0.29, 0.717) is 24.7 Å². The van der Waals surface area contributed by atoms with Crippen LogP contribution >= 0.6 is 0 Å². The van der Waals surface area contributed by atoms with Crippen molar-refractivity contribution >= 4 is 27.0 Å². The van der Waals surface area contributed by atoms with Crippen molar-refractivity contribution < 1.29 is 22.7 Å². The van der Waals surface area contributed by atoms with Crippen molar-refractivity contribution in [2.75, 3.05) is 20.2 Å². The van der Waals surface area contributed by atoms with Gasteiger partial charge in [0.2, 0.25) is 5.88 Å². The molecule has 0 fully saturated rings. The number of nitrogens with zero attached hydrogens (tertiary/aromatic N) is 3. The summed E-state index contributed by atoms with van der Waals surface area (Å²) in [6.45, 7) is 8.52. The summed E-state index contributed by atoms with van der Waals surface area (Å²) in [6, 6.07) is 9.70. The van der Waals surface area contributed by atoms with E-state index in [-0.39, 0.29) is 18.3 Å². The van der Waals surface area contributed by atoms with E-state index in [1.807, 2.05) is 39.8 Å². The number of methoxy groups -OCH3 is 1. The molecule has 0 spiro atoms. The molecule has 0 radical (unpaired) electrons. The van der Waals surface area contributed by atoms with Gasteiger partial charge < -0.3 is 9.47 Å². The summed E-state index contributed by atoms with van der Waals surface area (Å²) in [5, 5.41) is 1.75. The number of fused-ring (bicyclic) bond motifs is 1. The third-order valence-electron chi connectivity index (χ3n) is 5.36. The van der Waals surface area contributed by atoms with Crippen LogP contribution in [-0.2, 0) is 26.2 Å². The minimum Gasteiger partial charge on any atom is -0.468 e. The maximum atomic E-state index is 13.2. The zero-order chi connectivity index (χ0) is 26.3. The van der Waals surface area contributed by atoms with Crippen molar-refractivity contribution in [1.82, 2.24) is 19.0 Å². The minimum absolute atomic E-state index is 0.127. The average molecular weight is 515 g/mol. The first-order valence-corrected chi connectivity index (χ1v) is 13.3. The van der Waals surface area contributed by atoms with Crippen molar-refractivity contribution in [2.24, 2.45) is 11.8 Å². The van der Waals surface area contributed by atoms with Gasteiger partial charge in [0.05, 0.1) is 7.11 Å². The van der Waals surface area contributed by atoms with Crippen LogP contribution in [0, 0.1) is 11.8 Å². The molecule has 3 aromatic rings. The second-order valence-corrected chi connectivity index (χ2v) is 11.2. The highest BCUT2D eigenvalue weighted by Crippen LogP contribution is 2.27. The first-order chi connectivity index (χ1) is 17.1. The third-order valence-corrected chi connectivity index (χ3v) is 6.92. The minimum atomic E-state index is -3.91. The molecular weight excluding hydrogens is 480 g/mol. The Hall–Kier alpha value is -3.08. The van der Waals surface area contributed by atoms with Crippen LogP contribution < -0.4 is 9.46 Å². The number of hydrogen-bond donors (Lipinski definition) is 1. The Morgan fingerprint density at radius 1 is 1.00 bits per heavy atom. The standard InChI is InChI=1S/C26H34N4O5S/c1-18(2)16-30(17-19(3)4)36(32,33)29-24(26(31)34-5)14-20-6-8-22(9-7-20)35-25-23-11-12-27-15-21(23)10-13-28-25/h6-13,15,18-19,24,29H,14,16-17H2,1-5H3/t24-/m0/s1. The van der Waals surface area contributed by atoms with E-state index in [1.165, 1.54) is 11.4 Å². The lowest BCUT2D eigenvalue weighted by molar-refractivity contribution is -0.142. The second-order valence-electron chi connectivity index (χ2n) is 9.47. The van der Waals surface area contributed by atoms with E-state index >= 15 is 0 Å². The second kappa shape index (κ2) is 12.2. The van der Waals surface area contributed by atoms with Crippen LogP contribution in [0.3, 0.4) is 0 Å². The molecule has 36 heavy (non-hydrogen) atoms. The molecule has 0 unspecified atom stereocenters. The van der Waals surface area contributed by atoms with E-state index < -0.39 is 22.2 Å². The van der Waals surface area contributed by atoms with Crippen molar-refractivity contribution in [3.63, 3.8) is 0 Å². The summed E-state index contributed by atoms with van der Waals surface area (Å²) in [5.41, 5.74) is 0.745. The molecule has 0 bridgehead atoms. The summed E-state index contributed by atoms with van der Waals surface area (Å²) < 4.78 is 41.1. The SMILES string of the molecule is COC(=O)[C@H](Cc1ccc(Oc2nccc3cnccc23)cc1)NS(=O)(=O)N(CC(C)C)CC(C)C. The molecule has 194 valence electrons. The number of nitrogens with one attached hydrogen (secondary N) is 1. The molecular formula is C26H34N4O5S. The van der Waals surface area contributed by atoms with E-state index in [9.17, 15) is 13.2 Å². The predicted octanol–water partition coefficient (Wildman–Crippen LogP) is 3.95. The van der Waals surface area contributed by atoms with Crippen LogP contribution in [0.15, 0.2) is 55.0 Å². The van der Waals surface area contributed by atoms with Crippen LogP contribution in [0.2, 0.25) is 0 Å². The van der Waals surface area contributed by atoms with Crippen molar-refractivity contribution in [3.05, 3.63) is 60.6 Å². The van der Waals surface area contributed by atoms with Crippen LogP contribution in [0.4, 0.5) is 0 Å². The summed E-state index contributed by atoms with van der Waals surface area (Å²) in [7, 11) is -2.67. The van der Waals surface area contributed by atoms with Gasteiger partial charge in [-0.3, -0.25) is 9.78 Å². The molecule has 0 amide bonds. The molecule has 1 N–H and O–H groups in total. The fourth-order valence-corrected chi connectivity index (χ4v) is 5.44. The molecule has 0 aliphatic rings. The van der Waals surface area contributed by atoms with Gasteiger partial charge >= 0.3 is 5.97 Å². The maximum absolute atomic E-state index is 13.2. The highest BCUT2D eigenvalue weighted by atomic mass is 32.2. The fourth-order valence-electron chi connectivity index (χ4n) is 3.77. The molecule has 3 rings (SSSR count). The van der Waals surface area contributed by atoms with Crippen molar-refractivity contribution in [2.45, 2.75) is 40.2 Å². The Morgan fingerprint density at radius 2 is 1.67 bits per heavy atom. The Labute approximate surface area is 213 Å². The summed E-state index contributed by atoms with van der Waals surface area (Å²) in [5.74, 6) is 0.638. The van der Waals surface area contributed by atoms with Crippen LogP contribution in [-0.4, -0.2) is 54.9 Å². The summed E-state index contributed by atoms with van der Waals surface area (Å²) in [6.07, 6.45) is 5.20. The van der Waals surface area contributed by atoms with Gasteiger partial charge in [0, 0.05) is 42.5 Å². The lowest BCUT2D eigenvalue weighted by Gasteiger charge is -2.27. The molecule has 0 saturated heterocycles. The van der Waals surface area contributed by atoms with Gasteiger partial charge in [0.15, 0.2) is 0 Å². The largest absolute Gasteiger partial charge is 0.468 e. The van der Waals surface area contributed by atoms with Gasteiger partial charge in [-0.15, -0.1) is 0 Å². The van der Waals surface area contributed by atoms with Crippen molar-refractivity contribution in [1.29, 1.82) is 0 Å². The van der Waals surface area contributed by atoms with Gasteiger partial charge in [0.1, 0.15) is 11.8 Å². The highest BCUT2D eigenvalue weighted by molar-refractivity contribution is 7.87. The first kappa shape index (κ1) is 27.5. The predicted molar refractivity (Wildman–Crippen MR) is 139 cm³/mol. The van der Waals surface area contributed by atoms with E-state index in [4.69, 9.17) is 9.47 Å². The monoisotopic (exact) mass is 514 g/mol. The Balaban J connectivity index is 1.75. The quantitative estimate of drug-likeness (QED) is 0.364. The zero-order valence-corrected chi connectivity index (χ0v) is 22.2. The third kappa shape index (κ3) is 7.46. The smallest absolute Gasteiger partial charge is 0.324 e. The number of carbonyl (C=O) groups excluding carboxylic acids is 1. The number of ether oxygens (including phenoxy) is 2.